The van der Waals surface area contributed by atoms with Gasteiger partial charge in [0.1, 0.15) is 0 Å². The maximum Gasteiger partial charge on any atom is 0.0214 e. The van der Waals surface area contributed by atoms with Crippen molar-refractivity contribution in [3.05, 3.63) is 0 Å². The quantitative estimate of drug-likeness (QED) is 0.611. The lowest BCUT2D eigenvalue weighted by atomic mass is 9.96. The van der Waals surface area contributed by atoms with Gasteiger partial charge in [0.25, 0.3) is 0 Å². The molecule has 0 saturated carbocycles. The minimum absolute atomic E-state index is 0.353. The van der Waals surface area contributed by atoms with Crippen LogP contribution in [0.15, 0.2) is 0 Å². The van der Waals surface area contributed by atoms with Crippen LogP contribution in [0.3, 0.4) is 0 Å². The van der Waals surface area contributed by atoms with Gasteiger partial charge in [-0.05, 0) is 12.3 Å². The SMILES string of the molecule is C#CCCN1CC(C)CC(N)C1. The summed E-state index contributed by atoms with van der Waals surface area (Å²) in [5.74, 6) is 3.39. The van der Waals surface area contributed by atoms with E-state index in [2.05, 4.69) is 17.7 Å². The first kappa shape index (κ1) is 9.57. The second-order valence-corrected chi connectivity index (χ2v) is 3.81. The molecule has 1 saturated heterocycles. The maximum atomic E-state index is 5.89. The second-order valence-electron chi connectivity index (χ2n) is 3.81. The predicted molar refractivity (Wildman–Crippen MR) is 51.6 cm³/mol. The zero-order valence-electron chi connectivity index (χ0n) is 7.79. The fourth-order valence-electron chi connectivity index (χ4n) is 1.92. The van der Waals surface area contributed by atoms with Crippen molar-refractivity contribution >= 4 is 0 Å². The average Bonchev–Trinajstić information content (AvgIpc) is 1.99. The molecule has 0 aromatic heterocycles. The number of likely N-dealkylation sites (tertiary alicyclic amines) is 1. The van der Waals surface area contributed by atoms with E-state index < -0.39 is 0 Å². The van der Waals surface area contributed by atoms with Crippen molar-refractivity contribution in [1.82, 2.24) is 4.90 Å². The molecule has 0 aliphatic carbocycles. The third-order valence-corrected chi connectivity index (χ3v) is 2.34. The lowest BCUT2D eigenvalue weighted by molar-refractivity contribution is 0.169. The average molecular weight is 166 g/mol. The van der Waals surface area contributed by atoms with E-state index in [0.29, 0.717) is 6.04 Å². The van der Waals surface area contributed by atoms with Crippen LogP contribution >= 0.6 is 0 Å². The molecular weight excluding hydrogens is 148 g/mol. The summed E-state index contributed by atoms with van der Waals surface area (Å²) < 4.78 is 0. The van der Waals surface area contributed by atoms with Crippen molar-refractivity contribution in [2.75, 3.05) is 19.6 Å². The van der Waals surface area contributed by atoms with Gasteiger partial charge in [0.05, 0.1) is 0 Å². The van der Waals surface area contributed by atoms with E-state index in [1.54, 1.807) is 0 Å². The molecule has 2 N–H and O–H groups in total. The predicted octanol–water partition coefficient (Wildman–Crippen LogP) is 0.679. The molecule has 2 heteroatoms. The summed E-state index contributed by atoms with van der Waals surface area (Å²) in [5.41, 5.74) is 5.89. The first-order valence-electron chi connectivity index (χ1n) is 4.63. The Kier molecular flexibility index (Phi) is 3.58. The van der Waals surface area contributed by atoms with E-state index in [1.165, 1.54) is 0 Å². The Bertz CT molecular complexity index is 161. The Morgan fingerprint density at radius 2 is 2.33 bits per heavy atom. The maximum absolute atomic E-state index is 5.89. The molecule has 1 rings (SSSR count). The summed E-state index contributed by atoms with van der Waals surface area (Å²) in [4.78, 5) is 2.37. The minimum atomic E-state index is 0.353. The number of nitrogens with two attached hydrogens (primary N) is 1. The fraction of sp³-hybridized carbons (Fsp3) is 0.800. The van der Waals surface area contributed by atoms with E-state index in [9.17, 15) is 0 Å². The van der Waals surface area contributed by atoms with Gasteiger partial charge >= 0.3 is 0 Å². The highest BCUT2D eigenvalue weighted by Crippen LogP contribution is 2.14. The van der Waals surface area contributed by atoms with Crippen LogP contribution in [0.2, 0.25) is 0 Å². The lowest BCUT2D eigenvalue weighted by Crippen LogP contribution is -2.46. The molecule has 0 bridgehead atoms. The Labute approximate surface area is 75.1 Å². The molecule has 1 fully saturated rings. The molecule has 1 aliphatic heterocycles. The molecule has 2 atom stereocenters. The molecule has 12 heavy (non-hydrogen) atoms. The highest BCUT2D eigenvalue weighted by Gasteiger charge is 2.20. The van der Waals surface area contributed by atoms with Gasteiger partial charge in [0, 0.05) is 32.1 Å². The summed E-state index contributed by atoms with van der Waals surface area (Å²) in [6, 6.07) is 0.353. The smallest absolute Gasteiger partial charge is 0.0214 e. The van der Waals surface area contributed by atoms with Gasteiger partial charge in [-0.25, -0.2) is 0 Å². The van der Waals surface area contributed by atoms with E-state index >= 15 is 0 Å². The number of hydrogen-bond acceptors (Lipinski definition) is 2. The summed E-state index contributed by atoms with van der Waals surface area (Å²) in [6.45, 7) is 5.44. The van der Waals surface area contributed by atoms with E-state index in [4.69, 9.17) is 12.2 Å². The van der Waals surface area contributed by atoms with Gasteiger partial charge in [-0.2, -0.15) is 0 Å². The van der Waals surface area contributed by atoms with Crippen molar-refractivity contribution in [3.8, 4) is 12.3 Å². The van der Waals surface area contributed by atoms with Gasteiger partial charge in [0.2, 0.25) is 0 Å². The first-order chi connectivity index (χ1) is 5.72. The number of rotatable bonds is 2. The molecule has 0 aromatic carbocycles. The summed E-state index contributed by atoms with van der Waals surface area (Å²) in [6.07, 6.45) is 7.21. The monoisotopic (exact) mass is 166 g/mol. The fourth-order valence-corrected chi connectivity index (χ4v) is 1.92. The topological polar surface area (TPSA) is 29.3 Å². The van der Waals surface area contributed by atoms with E-state index in [0.717, 1.165) is 38.4 Å². The number of hydrogen-bond donors (Lipinski definition) is 1. The largest absolute Gasteiger partial charge is 0.327 e. The highest BCUT2D eigenvalue weighted by molar-refractivity contribution is 4.87. The zero-order chi connectivity index (χ0) is 8.97. The Morgan fingerprint density at radius 3 is 2.92 bits per heavy atom. The van der Waals surface area contributed by atoms with Crippen molar-refractivity contribution in [1.29, 1.82) is 0 Å². The van der Waals surface area contributed by atoms with Crippen LogP contribution in [-0.4, -0.2) is 30.6 Å². The normalized spacial score (nSPS) is 31.4. The number of terminal acetylenes is 1. The Morgan fingerprint density at radius 1 is 1.58 bits per heavy atom. The van der Waals surface area contributed by atoms with Gasteiger partial charge in [-0.3, -0.25) is 0 Å². The van der Waals surface area contributed by atoms with Gasteiger partial charge in [-0.15, -0.1) is 12.3 Å². The van der Waals surface area contributed by atoms with Gasteiger partial charge < -0.3 is 10.6 Å². The molecule has 1 aliphatic rings. The van der Waals surface area contributed by atoms with Crippen molar-refractivity contribution < 1.29 is 0 Å². The first-order valence-corrected chi connectivity index (χ1v) is 4.63. The summed E-state index contributed by atoms with van der Waals surface area (Å²) >= 11 is 0. The highest BCUT2D eigenvalue weighted by atomic mass is 15.1. The molecule has 2 nitrogen and oxygen atoms in total. The lowest BCUT2D eigenvalue weighted by Gasteiger charge is -2.34. The van der Waals surface area contributed by atoms with Gasteiger partial charge in [-0.1, -0.05) is 6.92 Å². The van der Waals surface area contributed by atoms with Crippen LogP contribution in [0.5, 0.6) is 0 Å². The van der Waals surface area contributed by atoms with Crippen LogP contribution in [0.1, 0.15) is 19.8 Å². The van der Waals surface area contributed by atoms with Crippen molar-refractivity contribution in [2.24, 2.45) is 11.7 Å². The Balaban J connectivity index is 2.30. The van der Waals surface area contributed by atoms with Crippen LogP contribution in [0.25, 0.3) is 0 Å². The molecule has 68 valence electrons. The number of nitrogens with zero attached hydrogens (tertiary/aromatic N) is 1. The number of piperidine rings is 1. The summed E-state index contributed by atoms with van der Waals surface area (Å²) in [7, 11) is 0. The molecule has 0 amide bonds. The van der Waals surface area contributed by atoms with Gasteiger partial charge in [0.15, 0.2) is 0 Å². The van der Waals surface area contributed by atoms with E-state index in [-0.39, 0.29) is 0 Å². The molecule has 0 aromatic rings. The zero-order valence-corrected chi connectivity index (χ0v) is 7.79. The third-order valence-electron chi connectivity index (χ3n) is 2.34. The molecule has 2 unspecified atom stereocenters. The molecular formula is C10H18N2. The summed E-state index contributed by atoms with van der Waals surface area (Å²) in [5, 5.41) is 0. The van der Waals surface area contributed by atoms with Crippen LogP contribution in [-0.2, 0) is 0 Å². The molecule has 0 radical (unpaired) electrons. The minimum Gasteiger partial charge on any atom is -0.327 e. The second kappa shape index (κ2) is 4.49. The third kappa shape index (κ3) is 2.84. The molecule has 0 spiro atoms. The van der Waals surface area contributed by atoms with Crippen LogP contribution in [0.4, 0.5) is 0 Å². The molecule has 1 heterocycles. The Hall–Kier alpha value is -0.520. The standard InChI is InChI=1S/C10H18N2/c1-3-4-5-12-7-9(2)6-10(11)8-12/h1,9-10H,4-8,11H2,2H3. The van der Waals surface area contributed by atoms with Crippen LogP contribution in [0, 0.1) is 18.3 Å². The van der Waals surface area contributed by atoms with E-state index in [1.807, 2.05) is 0 Å². The van der Waals surface area contributed by atoms with Crippen LogP contribution < -0.4 is 5.73 Å². The van der Waals surface area contributed by atoms with Crippen molar-refractivity contribution in [3.63, 3.8) is 0 Å². The van der Waals surface area contributed by atoms with Crippen molar-refractivity contribution in [2.45, 2.75) is 25.8 Å².